The van der Waals surface area contributed by atoms with Gasteiger partial charge in [0.25, 0.3) is 0 Å². The third-order valence-corrected chi connectivity index (χ3v) is 2.29. The van der Waals surface area contributed by atoms with Gasteiger partial charge >= 0.3 is 0 Å². The van der Waals surface area contributed by atoms with Crippen molar-refractivity contribution in [3.63, 3.8) is 0 Å². The Morgan fingerprint density at radius 1 is 1.06 bits per heavy atom. The Bertz CT molecular complexity index is 630. The van der Waals surface area contributed by atoms with Gasteiger partial charge in [0.1, 0.15) is 5.75 Å². The zero-order valence-corrected chi connectivity index (χ0v) is 8.28. The van der Waals surface area contributed by atoms with Crippen molar-refractivity contribution in [1.82, 2.24) is 19.6 Å². The lowest BCUT2D eigenvalue weighted by atomic mass is 10.2. The molecule has 0 bridgehead atoms. The highest BCUT2D eigenvalue weighted by molar-refractivity contribution is 5.58. The normalized spacial score (nSPS) is 10.8. The van der Waals surface area contributed by atoms with E-state index in [1.165, 1.54) is 6.20 Å². The monoisotopic (exact) mass is 212 g/mol. The number of rotatable bonds is 1. The van der Waals surface area contributed by atoms with Gasteiger partial charge in [-0.05, 0) is 12.1 Å². The number of aromatic nitrogens is 4. The van der Waals surface area contributed by atoms with Gasteiger partial charge in [-0.15, -0.1) is 0 Å². The van der Waals surface area contributed by atoms with Gasteiger partial charge in [0, 0.05) is 24.0 Å². The van der Waals surface area contributed by atoms with E-state index in [1.54, 1.807) is 29.0 Å². The van der Waals surface area contributed by atoms with E-state index < -0.39 is 0 Å². The van der Waals surface area contributed by atoms with Gasteiger partial charge in [-0.25, -0.2) is 9.50 Å². The van der Waals surface area contributed by atoms with Crippen molar-refractivity contribution in [3.8, 4) is 17.0 Å². The predicted octanol–water partition coefficient (Wildman–Crippen LogP) is 1.50. The largest absolute Gasteiger partial charge is 0.506 e. The molecule has 3 aromatic rings. The van der Waals surface area contributed by atoms with Crippen molar-refractivity contribution in [2.24, 2.45) is 0 Å². The van der Waals surface area contributed by atoms with Crippen LogP contribution in [-0.4, -0.2) is 24.7 Å². The molecule has 0 aliphatic heterocycles. The topological polar surface area (TPSA) is 63.3 Å². The second kappa shape index (κ2) is 3.30. The highest BCUT2D eigenvalue weighted by atomic mass is 16.3. The zero-order chi connectivity index (χ0) is 11.0. The second-order valence-electron chi connectivity index (χ2n) is 3.38. The molecule has 0 amide bonds. The summed E-state index contributed by atoms with van der Waals surface area (Å²) in [5.41, 5.74) is 2.40. The van der Waals surface area contributed by atoms with Gasteiger partial charge < -0.3 is 5.11 Å². The van der Waals surface area contributed by atoms with E-state index in [0.29, 0.717) is 0 Å². The average Bonchev–Trinajstić information content (AvgIpc) is 2.77. The first-order valence-corrected chi connectivity index (χ1v) is 4.78. The van der Waals surface area contributed by atoms with Gasteiger partial charge in [-0.1, -0.05) is 0 Å². The molecule has 3 rings (SSSR count). The number of fused-ring (bicyclic) bond motifs is 1. The van der Waals surface area contributed by atoms with Crippen LogP contribution >= 0.6 is 0 Å². The van der Waals surface area contributed by atoms with Crippen molar-refractivity contribution < 1.29 is 5.11 Å². The molecule has 0 aliphatic carbocycles. The van der Waals surface area contributed by atoms with Crippen LogP contribution in [0.5, 0.6) is 5.75 Å². The van der Waals surface area contributed by atoms with E-state index in [9.17, 15) is 0 Å². The summed E-state index contributed by atoms with van der Waals surface area (Å²) >= 11 is 0. The Labute approximate surface area is 91.0 Å². The van der Waals surface area contributed by atoms with Gasteiger partial charge in [0.2, 0.25) is 0 Å². The van der Waals surface area contributed by atoms with Crippen LogP contribution < -0.4 is 0 Å². The first kappa shape index (κ1) is 8.84. The molecule has 16 heavy (non-hydrogen) atoms. The third kappa shape index (κ3) is 1.38. The molecular weight excluding hydrogens is 204 g/mol. The second-order valence-corrected chi connectivity index (χ2v) is 3.38. The molecule has 0 aliphatic rings. The molecule has 3 heterocycles. The van der Waals surface area contributed by atoms with Gasteiger partial charge in [0.15, 0.2) is 5.65 Å². The Hall–Kier alpha value is -2.43. The Balaban J connectivity index is 2.14. The lowest BCUT2D eigenvalue weighted by Gasteiger charge is -2.00. The lowest BCUT2D eigenvalue weighted by Crippen LogP contribution is -1.92. The summed E-state index contributed by atoms with van der Waals surface area (Å²) < 4.78 is 1.68. The minimum Gasteiger partial charge on any atom is -0.506 e. The molecule has 78 valence electrons. The van der Waals surface area contributed by atoms with Crippen molar-refractivity contribution >= 4 is 5.65 Å². The number of pyridine rings is 1. The molecular formula is C11H8N4O. The first-order valence-electron chi connectivity index (χ1n) is 4.78. The molecule has 0 saturated carbocycles. The van der Waals surface area contributed by atoms with Gasteiger partial charge in [-0.2, -0.15) is 5.10 Å². The highest BCUT2D eigenvalue weighted by Crippen LogP contribution is 2.17. The number of nitrogens with zero attached hydrogens (tertiary/aromatic N) is 4. The highest BCUT2D eigenvalue weighted by Gasteiger charge is 2.02. The van der Waals surface area contributed by atoms with Crippen LogP contribution in [0.25, 0.3) is 16.9 Å². The third-order valence-electron chi connectivity index (χ3n) is 2.29. The molecule has 0 radical (unpaired) electrons. The summed E-state index contributed by atoms with van der Waals surface area (Å²) in [6, 6.07) is 5.16. The maximum Gasteiger partial charge on any atom is 0.154 e. The van der Waals surface area contributed by atoms with Crippen LogP contribution in [0.2, 0.25) is 0 Å². The fourth-order valence-corrected chi connectivity index (χ4v) is 1.50. The van der Waals surface area contributed by atoms with Crippen molar-refractivity contribution in [2.45, 2.75) is 0 Å². The molecule has 0 atom stereocenters. The standard InChI is InChI=1S/C11H8N4O/c16-9-1-2-10(12-6-9)8-5-13-11-3-4-14-15(11)7-8/h1-7,16H. The number of hydrogen-bond donors (Lipinski definition) is 1. The van der Waals surface area contributed by atoms with E-state index in [0.717, 1.165) is 16.9 Å². The summed E-state index contributed by atoms with van der Waals surface area (Å²) in [7, 11) is 0. The predicted molar refractivity (Wildman–Crippen MR) is 57.9 cm³/mol. The van der Waals surface area contributed by atoms with E-state index >= 15 is 0 Å². The Morgan fingerprint density at radius 2 is 2.00 bits per heavy atom. The van der Waals surface area contributed by atoms with Crippen molar-refractivity contribution in [3.05, 3.63) is 43.0 Å². The molecule has 0 unspecified atom stereocenters. The minimum absolute atomic E-state index is 0.150. The fraction of sp³-hybridized carbons (Fsp3) is 0. The molecule has 5 nitrogen and oxygen atoms in total. The molecule has 5 heteroatoms. The fourth-order valence-electron chi connectivity index (χ4n) is 1.50. The van der Waals surface area contributed by atoms with Crippen molar-refractivity contribution in [2.75, 3.05) is 0 Å². The maximum atomic E-state index is 9.15. The van der Waals surface area contributed by atoms with Crippen LogP contribution in [0.3, 0.4) is 0 Å². The Kier molecular flexibility index (Phi) is 1.83. The van der Waals surface area contributed by atoms with Crippen LogP contribution in [-0.2, 0) is 0 Å². The number of aromatic hydroxyl groups is 1. The molecule has 0 saturated heterocycles. The van der Waals surface area contributed by atoms with Gasteiger partial charge in [-0.3, -0.25) is 4.98 Å². The maximum absolute atomic E-state index is 9.15. The molecule has 0 spiro atoms. The smallest absolute Gasteiger partial charge is 0.154 e. The van der Waals surface area contributed by atoms with Crippen LogP contribution in [0.15, 0.2) is 43.0 Å². The van der Waals surface area contributed by atoms with Crippen LogP contribution in [0.1, 0.15) is 0 Å². The number of hydrogen-bond acceptors (Lipinski definition) is 4. The SMILES string of the molecule is Oc1ccc(-c2cnc3ccnn3c2)nc1. The summed E-state index contributed by atoms with van der Waals surface area (Å²) in [6.07, 6.45) is 6.68. The molecule has 3 aromatic heterocycles. The van der Waals surface area contributed by atoms with E-state index in [1.807, 2.05) is 12.3 Å². The quantitative estimate of drug-likeness (QED) is 0.663. The minimum atomic E-state index is 0.150. The summed E-state index contributed by atoms with van der Waals surface area (Å²) in [5.74, 6) is 0.150. The van der Waals surface area contributed by atoms with E-state index in [-0.39, 0.29) is 5.75 Å². The van der Waals surface area contributed by atoms with Gasteiger partial charge in [0.05, 0.1) is 18.1 Å². The van der Waals surface area contributed by atoms with Crippen LogP contribution in [0.4, 0.5) is 0 Å². The molecule has 0 aromatic carbocycles. The van der Waals surface area contributed by atoms with E-state index in [2.05, 4.69) is 15.1 Å². The first-order chi connectivity index (χ1) is 7.83. The summed E-state index contributed by atoms with van der Waals surface area (Å²) in [5, 5.41) is 13.2. The molecule has 1 N–H and O–H groups in total. The zero-order valence-electron chi connectivity index (χ0n) is 8.28. The average molecular weight is 212 g/mol. The summed E-state index contributed by atoms with van der Waals surface area (Å²) in [4.78, 5) is 8.35. The van der Waals surface area contributed by atoms with Crippen LogP contribution in [0, 0.1) is 0 Å². The van der Waals surface area contributed by atoms with Crippen molar-refractivity contribution in [1.29, 1.82) is 0 Å². The van der Waals surface area contributed by atoms with E-state index in [4.69, 9.17) is 5.11 Å². The lowest BCUT2D eigenvalue weighted by molar-refractivity contribution is 0.473. The summed E-state index contributed by atoms with van der Waals surface area (Å²) in [6.45, 7) is 0. The Morgan fingerprint density at radius 3 is 2.81 bits per heavy atom. The molecule has 0 fully saturated rings.